The molecule has 3 rings (SSSR count). The molecule has 7 nitrogen and oxygen atoms in total. The van der Waals surface area contributed by atoms with Crippen LogP contribution in [0, 0.1) is 13.8 Å². The van der Waals surface area contributed by atoms with Gasteiger partial charge >= 0.3 is 6.18 Å². The molecule has 0 bridgehead atoms. The van der Waals surface area contributed by atoms with Gasteiger partial charge in [-0.25, -0.2) is 9.50 Å². The molecule has 3 aromatic rings. The van der Waals surface area contributed by atoms with Gasteiger partial charge in [0.15, 0.2) is 0 Å². The summed E-state index contributed by atoms with van der Waals surface area (Å²) >= 11 is 0. The molecule has 0 aliphatic heterocycles. The van der Waals surface area contributed by atoms with Crippen LogP contribution in [0.2, 0.25) is 0 Å². The molecular weight excluding hydrogens is 399 g/mol. The molecular formula is C20H22F3N5O2. The predicted molar refractivity (Wildman–Crippen MR) is 103 cm³/mol. The lowest BCUT2D eigenvalue weighted by atomic mass is 10.1. The van der Waals surface area contributed by atoms with E-state index in [1.165, 1.54) is 0 Å². The first-order valence-electron chi connectivity index (χ1n) is 9.27. The van der Waals surface area contributed by atoms with E-state index in [9.17, 15) is 18.0 Å². The zero-order valence-electron chi connectivity index (χ0n) is 17.1. The molecule has 30 heavy (non-hydrogen) atoms. The van der Waals surface area contributed by atoms with E-state index < -0.39 is 12.0 Å². The molecule has 0 atom stereocenters. The number of alkyl halides is 3. The molecule has 2 heterocycles. The molecule has 160 valence electrons. The second-order valence-corrected chi connectivity index (χ2v) is 7.00. The van der Waals surface area contributed by atoms with Crippen LogP contribution in [0.5, 0.6) is 5.75 Å². The van der Waals surface area contributed by atoms with Crippen LogP contribution < -0.4 is 4.74 Å². The van der Waals surface area contributed by atoms with Crippen LogP contribution in [0.3, 0.4) is 0 Å². The second kappa shape index (κ2) is 8.29. The van der Waals surface area contributed by atoms with E-state index in [2.05, 4.69) is 15.1 Å². The Bertz CT molecular complexity index is 1060. The van der Waals surface area contributed by atoms with Gasteiger partial charge in [-0.15, -0.1) is 5.10 Å². The minimum atomic E-state index is -4.64. The van der Waals surface area contributed by atoms with E-state index in [1.807, 2.05) is 24.3 Å². The Hall–Kier alpha value is -3.17. The van der Waals surface area contributed by atoms with Crippen molar-refractivity contribution >= 4 is 11.7 Å². The first kappa shape index (κ1) is 21.5. The Balaban J connectivity index is 1.71. The average Bonchev–Trinajstić information content (AvgIpc) is 3.13. The highest BCUT2D eigenvalue weighted by molar-refractivity contribution is 5.76. The van der Waals surface area contributed by atoms with Crippen molar-refractivity contribution in [1.82, 2.24) is 24.5 Å². The number of ether oxygens (including phenoxy) is 1. The topological polar surface area (TPSA) is 72.6 Å². The maximum absolute atomic E-state index is 12.9. The molecule has 0 N–H and O–H groups in total. The number of nitrogens with zero attached hydrogens (tertiary/aromatic N) is 5. The number of hydrogen-bond acceptors (Lipinski definition) is 5. The highest BCUT2D eigenvalue weighted by Gasteiger charge is 2.37. The fourth-order valence-corrected chi connectivity index (χ4v) is 3.21. The summed E-state index contributed by atoms with van der Waals surface area (Å²) in [4.78, 5) is 21.8. The Morgan fingerprint density at radius 3 is 2.43 bits per heavy atom. The van der Waals surface area contributed by atoms with Gasteiger partial charge in [0.2, 0.25) is 5.91 Å². The molecule has 1 aromatic carbocycles. The lowest BCUT2D eigenvalue weighted by molar-refractivity contribution is -0.144. The monoisotopic (exact) mass is 421 g/mol. The normalized spacial score (nSPS) is 11.7. The van der Waals surface area contributed by atoms with Crippen LogP contribution in [-0.4, -0.2) is 44.5 Å². The van der Waals surface area contributed by atoms with E-state index in [1.54, 1.807) is 32.9 Å². The number of carbonyl (C=O) groups excluding carboxylic acids is 1. The van der Waals surface area contributed by atoms with Crippen molar-refractivity contribution in [3.63, 3.8) is 0 Å². The van der Waals surface area contributed by atoms with Gasteiger partial charge in [-0.1, -0.05) is 12.1 Å². The van der Waals surface area contributed by atoms with E-state index >= 15 is 0 Å². The number of fused-ring (bicyclic) bond motifs is 1. The van der Waals surface area contributed by atoms with Crippen molar-refractivity contribution in [2.75, 3.05) is 14.2 Å². The van der Waals surface area contributed by atoms with Gasteiger partial charge in [0.25, 0.3) is 11.6 Å². The molecule has 10 heteroatoms. The molecule has 1 amide bonds. The van der Waals surface area contributed by atoms with E-state index in [0.29, 0.717) is 29.9 Å². The van der Waals surface area contributed by atoms with Crippen molar-refractivity contribution in [2.24, 2.45) is 0 Å². The van der Waals surface area contributed by atoms with Gasteiger partial charge in [-0.2, -0.15) is 18.2 Å². The lowest BCUT2D eigenvalue weighted by Crippen LogP contribution is -2.26. The Morgan fingerprint density at radius 1 is 1.17 bits per heavy atom. The highest BCUT2D eigenvalue weighted by Crippen LogP contribution is 2.27. The van der Waals surface area contributed by atoms with Gasteiger partial charge in [0, 0.05) is 31.4 Å². The zero-order valence-corrected chi connectivity index (χ0v) is 17.1. The van der Waals surface area contributed by atoms with Crippen molar-refractivity contribution in [1.29, 1.82) is 0 Å². The minimum absolute atomic E-state index is 0.0840. The summed E-state index contributed by atoms with van der Waals surface area (Å²) in [5, 5.41) is 3.53. The molecule has 0 fully saturated rings. The third-order valence-electron chi connectivity index (χ3n) is 4.90. The number of hydrogen-bond donors (Lipinski definition) is 0. The number of benzene rings is 1. The summed E-state index contributed by atoms with van der Waals surface area (Å²) in [6.45, 7) is 3.78. The van der Waals surface area contributed by atoms with E-state index in [4.69, 9.17) is 4.74 Å². The second-order valence-electron chi connectivity index (χ2n) is 7.00. The number of methoxy groups -OCH3 is 1. The summed E-state index contributed by atoms with van der Waals surface area (Å²) in [7, 11) is 3.30. The maximum atomic E-state index is 12.9. The van der Waals surface area contributed by atoms with Gasteiger partial charge in [0.1, 0.15) is 5.75 Å². The van der Waals surface area contributed by atoms with E-state index in [-0.39, 0.29) is 18.1 Å². The number of rotatable bonds is 6. The quantitative estimate of drug-likeness (QED) is 0.610. The standard InChI is InChI=1S/C20H22F3N5O2/c1-12-16(13(2)28-19(24-12)25-18(26-28)20(21,22)23)9-10-17(29)27(3)11-14-5-7-15(30-4)8-6-14/h5-8H,9-11H2,1-4H3. The first-order chi connectivity index (χ1) is 14.1. The predicted octanol–water partition coefficient (Wildman–Crippen LogP) is 3.36. The Kier molecular flexibility index (Phi) is 5.95. The van der Waals surface area contributed by atoms with Gasteiger partial charge in [-0.05, 0) is 43.5 Å². The summed E-state index contributed by atoms with van der Waals surface area (Å²) in [5.41, 5.74) is 2.68. The summed E-state index contributed by atoms with van der Waals surface area (Å²) < 4.78 is 44.9. The molecule has 0 saturated heterocycles. The van der Waals surface area contributed by atoms with Crippen molar-refractivity contribution in [3.05, 3.63) is 52.6 Å². The Morgan fingerprint density at radius 2 is 1.83 bits per heavy atom. The summed E-state index contributed by atoms with van der Waals surface area (Å²) in [5.74, 6) is -0.684. The molecule has 0 aliphatic carbocycles. The molecule has 0 radical (unpaired) electrons. The third-order valence-corrected chi connectivity index (χ3v) is 4.90. The smallest absolute Gasteiger partial charge is 0.453 e. The van der Waals surface area contributed by atoms with E-state index in [0.717, 1.165) is 15.8 Å². The zero-order chi connectivity index (χ0) is 22.1. The van der Waals surface area contributed by atoms with Gasteiger partial charge in [-0.3, -0.25) is 4.79 Å². The molecule has 2 aromatic heterocycles. The van der Waals surface area contributed by atoms with Crippen LogP contribution in [-0.2, 0) is 23.9 Å². The summed E-state index contributed by atoms with van der Waals surface area (Å²) in [6, 6.07) is 7.43. The average molecular weight is 421 g/mol. The number of halogens is 3. The molecule has 0 spiro atoms. The number of aryl methyl sites for hydroxylation is 2. The third kappa shape index (κ3) is 4.52. The fourth-order valence-electron chi connectivity index (χ4n) is 3.21. The number of carbonyl (C=O) groups is 1. The van der Waals surface area contributed by atoms with Crippen LogP contribution in [0.4, 0.5) is 13.2 Å². The largest absolute Gasteiger partial charge is 0.497 e. The summed E-state index contributed by atoms with van der Waals surface area (Å²) in [6.07, 6.45) is -4.11. The molecule has 0 aliphatic rings. The fraction of sp³-hybridized carbons (Fsp3) is 0.400. The number of amides is 1. The van der Waals surface area contributed by atoms with Crippen LogP contribution in [0.15, 0.2) is 24.3 Å². The number of aromatic nitrogens is 4. The van der Waals surface area contributed by atoms with Crippen LogP contribution in [0.25, 0.3) is 5.78 Å². The van der Waals surface area contributed by atoms with Crippen molar-refractivity contribution < 1.29 is 22.7 Å². The van der Waals surface area contributed by atoms with Gasteiger partial charge < -0.3 is 9.64 Å². The molecule has 0 saturated carbocycles. The molecule has 0 unspecified atom stereocenters. The SMILES string of the molecule is COc1ccc(CN(C)C(=O)CCc2c(C)nc3nc(C(F)(F)F)nn3c2C)cc1. The van der Waals surface area contributed by atoms with Gasteiger partial charge in [0.05, 0.1) is 7.11 Å². The minimum Gasteiger partial charge on any atom is -0.497 e. The lowest BCUT2D eigenvalue weighted by Gasteiger charge is -2.18. The highest BCUT2D eigenvalue weighted by atomic mass is 19.4. The van der Waals surface area contributed by atoms with Crippen molar-refractivity contribution in [3.8, 4) is 5.75 Å². The maximum Gasteiger partial charge on any atom is 0.453 e. The van der Waals surface area contributed by atoms with Crippen LogP contribution in [0.1, 0.15) is 34.8 Å². The first-order valence-corrected chi connectivity index (χ1v) is 9.27. The van der Waals surface area contributed by atoms with Crippen LogP contribution >= 0.6 is 0 Å². The van der Waals surface area contributed by atoms with Crippen molar-refractivity contribution in [2.45, 2.75) is 39.4 Å². The Labute approximate surface area is 171 Å².